The second-order valence-electron chi connectivity index (χ2n) is 8.85. The molecule has 10 nitrogen and oxygen atoms in total. The van der Waals surface area contributed by atoms with Crippen molar-refractivity contribution < 1.29 is 22.7 Å². The first-order valence-corrected chi connectivity index (χ1v) is 12.0. The van der Waals surface area contributed by atoms with Crippen molar-refractivity contribution in [2.45, 2.75) is 18.7 Å². The number of hydrogen-bond acceptors (Lipinski definition) is 8. The lowest BCUT2D eigenvalue weighted by Gasteiger charge is -2.37. The molecule has 0 bridgehead atoms. The van der Waals surface area contributed by atoms with Crippen LogP contribution in [0.25, 0.3) is 10.8 Å². The quantitative estimate of drug-likeness (QED) is 0.540. The van der Waals surface area contributed by atoms with Gasteiger partial charge < -0.3 is 19.4 Å². The van der Waals surface area contributed by atoms with E-state index < -0.39 is 11.7 Å². The summed E-state index contributed by atoms with van der Waals surface area (Å²) in [6.07, 6.45) is -3.18. The van der Waals surface area contributed by atoms with E-state index in [0.29, 0.717) is 67.5 Å². The van der Waals surface area contributed by atoms with Gasteiger partial charge in [-0.15, -0.1) is 0 Å². The van der Waals surface area contributed by atoms with Gasteiger partial charge in [-0.2, -0.15) is 18.3 Å². The highest BCUT2D eigenvalue weighted by molar-refractivity contribution is 6.31. The molecular formula is C23H23ClF3N7O3. The molecule has 196 valence electrons. The molecule has 2 aliphatic rings. The van der Waals surface area contributed by atoms with Crippen molar-refractivity contribution in [1.29, 1.82) is 0 Å². The Hall–Kier alpha value is -3.45. The molecule has 2 saturated heterocycles. The number of piperazine rings is 1. The molecule has 1 N–H and O–H groups in total. The Morgan fingerprint density at radius 2 is 1.81 bits per heavy atom. The molecule has 0 aliphatic carbocycles. The van der Waals surface area contributed by atoms with E-state index >= 15 is 0 Å². The van der Waals surface area contributed by atoms with Gasteiger partial charge in [-0.3, -0.25) is 9.59 Å². The minimum Gasteiger partial charge on any atom is -0.374 e. The van der Waals surface area contributed by atoms with Crippen molar-refractivity contribution in [2.75, 3.05) is 55.7 Å². The van der Waals surface area contributed by atoms with Gasteiger partial charge >= 0.3 is 6.18 Å². The van der Waals surface area contributed by atoms with Crippen LogP contribution in [0, 0.1) is 0 Å². The molecule has 3 aromatic rings. The number of nitrogens with zero attached hydrogens (tertiary/aromatic N) is 6. The molecular weight excluding hydrogens is 515 g/mol. The number of benzene rings is 1. The number of carbonyl (C=O) groups is 1. The van der Waals surface area contributed by atoms with E-state index in [2.05, 4.69) is 20.2 Å². The van der Waals surface area contributed by atoms with Crippen LogP contribution >= 0.6 is 11.6 Å². The lowest BCUT2D eigenvalue weighted by atomic mass is 10.1. The van der Waals surface area contributed by atoms with Crippen LogP contribution in [0.4, 0.5) is 24.9 Å². The first kappa shape index (κ1) is 25.2. The van der Waals surface area contributed by atoms with E-state index in [9.17, 15) is 22.8 Å². The van der Waals surface area contributed by atoms with Crippen LogP contribution in [-0.4, -0.2) is 83.0 Å². The van der Waals surface area contributed by atoms with Gasteiger partial charge in [0.1, 0.15) is 0 Å². The van der Waals surface area contributed by atoms with Crippen LogP contribution < -0.4 is 15.4 Å². The standard InChI is InChI=1S/C23H23ClF3N7O3/c24-15-1-2-17-18(9-15)20(30-31-21(17)36)34-7-8-37-16(13-34)10-19(35)32-3-5-33(6-4-32)22-28-11-14(12-29-22)23(25,26)27/h1-2,9,11-12,16H,3-8,10,13H2,(H,31,36)/t16-/m1/s1. The van der Waals surface area contributed by atoms with Crippen molar-refractivity contribution in [2.24, 2.45) is 0 Å². The first-order valence-electron chi connectivity index (χ1n) is 11.7. The molecule has 2 aliphatic heterocycles. The average molecular weight is 538 g/mol. The highest BCUT2D eigenvalue weighted by atomic mass is 35.5. The lowest BCUT2D eigenvalue weighted by Crippen LogP contribution is -2.51. The molecule has 0 unspecified atom stereocenters. The van der Waals surface area contributed by atoms with E-state index in [1.165, 1.54) is 0 Å². The second-order valence-corrected chi connectivity index (χ2v) is 9.28. The van der Waals surface area contributed by atoms with E-state index in [1.54, 1.807) is 28.0 Å². The minimum absolute atomic E-state index is 0.0813. The Bertz CT molecular complexity index is 1340. The van der Waals surface area contributed by atoms with Gasteiger partial charge in [0, 0.05) is 62.1 Å². The molecule has 1 amide bonds. The summed E-state index contributed by atoms with van der Waals surface area (Å²) in [6.45, 7) is 2.93. The fraction of sp³-hybridized carbons (Fsp3) is 0.435. The van der Waals surface area contributed by atoms with Crippen molar-refractivity contribution in [3.05, 3.63) is 51.5 Å². The zero-order valence-electron chi connectivity index (χ0n) is 19.5. The number of fused-ring (bicyclic) bond motifs is 1. The molecule has 5 rings (SSSR count). The Morgan fingerprint density at radius 3 is 2.51 bits per heavy atom. The summed E-state index contributed by atoms with van der Waals surface area (Å²) >= 11 is 6.15. The third kappa shape index (κ3) is 5.47. The summed E-state index contributed by atoms with van der Waals surface area (Å²) in [7, 11) is 0. The number of hydrogen-bond donors (Lipinski definition) is 1. The molecule has 2 fully saturated rings. The van der Waals surface area contributed by atoms with E-state index in [4.69, 9.17) is 16.3 Å². The molecule has 4 heterocycles. The summed E-state index contributed by atoms with van der Waals surface area (Å²) in [4.78, 5) is 38.2. The van der Waals surface area contributed by atoms with Crippen molar-refractivity contribution in [3.63, 3.8) is 0 Å². The van der Waals surface area contributed by atoms with Gasteiger partial charge in [0.05, 0.1) is 30.1 Å². The van der Waals surface area contributed by atoms with E-state index in [0.717, 1.165) is 12.4 Å². The number of rotatable bonds is 4. The number of halogens is 4. The van der Waals surface area contributed by atoms with Gasteiger partial charge in [-0.25, -0.2) is 15.1 Å². The Kier molecular flexibility index (Phi) is 6.90. The van der Waals surface area contributed by atoms with Gasteiger partial charge in [0.25, 0.3) is 5.56 Å². The Morgan fingerprint density at radius 1 is 1.08 bits per heavy atom. The summed E-state index contributed by atoms with van der Waals surface area (Å²) in [6, 6.07) is 5.00. The molecule has 37 heavy (non-hydrogen) atoms. The summed E-state index contributed by atoms with van der Waals surface area (Å²) in [5, 5.41) is 8.34. The molecule has 2 aromatic heterocycles. The number of anilines is 2. The number of amides is 1. The largest absolute Gasteiger partial charge is 0.419 e. The van der Waals surface area contributed by atoms with Crippen molar-refractivity contribution >= 4 is 40.0 Å². The van der Waals surface area contributed by atoms with Crippen molar-refractivity contribution in [3.8, 4) is 0 Å². The molecule has 0 radical (unpaired) electrons. The van der Waals surface area contributed by atoms with E-state index in [1.807, 2.05) is 4.90 Å². The number of aromatic amines is 1. The molecule has 14 heteroatoms. The fourth-order valence-electron chi connectivity index (χ4n) is 4.51. The summed E-state index contributed by atoms with van der Waals surface area (Å²) in [5.74, 6) is 0.692. The SMILES string of the molecule is O=C(C[C@@H]1CN(c2n[nH]c(=O)c3ccc(Cl)cc23)CCO1)N1CCN(c2ncc(C(F)(F)F)cn2)CC1. The third-order valence-electron chi connectivity index (χ3n) is 6.45. The number of carbonyl (C=O) groups excluding carboxylic acids is 1. The van der Waals surface area contributed by atoms with Gasteiger partial charge in [0.2, 0.25) is 11.9 Å². The third-order valence-corrected chi connectivity index (χ3v) is 6.69. The highest BCUT2D eigenvalue weighted by Crippen LogP contribution is 2.29. The Labute approximate surface area is 214 Å². The maximum Gasteiger partial charge on any atom is 0.419 e. The average Bonchev–Trinajstić information content (AvgIpc) is 2.88. The van der Waals surface area contributed by atoms with Crippen LogP contribution in [0.5, 0.6) is 0 Å². The normalized spacial score (nSPS) is 18.9. The predicted molar refractivity (Wildman–Crippen MR) is 130 cm³/mol. The highest BCUT2D eigenvalue weighted by Gasteiger charge is 2.32. The fourth-order valence-corrected chi connectivity index (χ4v) is 4.68. The second kappa shape index (κ2) is 10.1. The van der Waals surface area contributed by atoms with Crippen LogP contribution in [0.2, 0.25) is 5.02 Å². The number of aromatic nitrogens is 4. The van der Waals surface area contributed by atoms with Crippen LogP contribution in [0.15, 0.2) is 35.4 Å². The number of morpholine rings is 1. The maximum atomic E-state index is 13.0. The topological polar surface area (TPSA) is 108 Å². The first-order chi connectivity index (χ1) is 17.7. The number of ether oxygens (including phenoxy) is 1. The van der Waals surface area contributed by atoms with Crippen LogP contribution in [-0.2, 0) is 15.7 Å². The maximum absolute atomic E-state index is 13.0. The number of H-pyrrole nitrogens is 1. The number of alkyl halides is 3. The summed E-state index contributed by atoms with van der Waals surface area (Å²) < 4.78 is 44.1. The van der Waals surface area contributed by atoms with E-state index in [-0.39, 0.29) is 29.9 Å². The molecule has 1 atom stereocenters. The Balaban J connectivity index is 1.19. The summed E-state index contributed by atoms with van der Waals surface area (Å²) in [5.41, 5.74) is -1.21. The van der Waals surface area contributed by atoms with Gasteiger partial charge in [-0.05, 0) is 18.2 Å². The molecule has 0 spiro atoms. The molecule has 1 aromatic carbocycles. The number of nitrogens with one attached hydrogen (secondary N) is 1. The zero-order chi connectivity index (χ0) is 26.2. The smallest absolute Gasteiger partial charge is 0.374 e. The molecule has 0 saturated carbocycles. The van der Waals surface area contributed by atoms with Gasteiger partial charge in [-0.1, -0.05) is 11.6 Å². The van der Waals surface area contributed by atoms with Crippen molar-refractivity contribution in [1.82, 2.24) is 25.1 Å². The minimum atomic E-state index is -4.49. The van der Waals surface area contributed by atoms with Crippen LogP contribution in [0.3, 0.4) is 0 Å². The zero-order valence-corrected chi connectivity index (χ0v) is 20.3. The van der Waals surface area contributed by atoms with Gasteiger partial charge in [0.15, 0.2) is 5.82 Å². The lowest BCUT2D eigenvalue weighted by molar-refractivity contribution is -0.138. The monoisotopic (exact) mass is 537 g/mol. The van der Waals surface area contributed by atoms with Crippen LogP contribution in [0.1, 0.15) is 12.0 Å². The predicted octanol–water partition coefficient (Wildman–Crippen LogP) is 2.33.